The van der Waals surface area contributed by atoms with Crippen molar-refractivity contribution in [1.82, 2.24) is 8.61 Å². The van der Waals surface area contributed by atoms with Crippen molar-refractivity contribution in [2.24, 2.45) is 5.92 Å². The highest BCUT2D eigenvalue weighted by atomic mass is 32.2. The fourth-order valence-electron chi connectivity index (χ4n) is 1.78. The van der Waals surface area contributed by atoms with Gasteiger partial charge in [0.1, 0.15) is 0 Å². The molecular formula is C8H16N2O4S. The van der Waals surface area contributed by atoms with Crippen LogP contribution in [0.4, 0.5) is 0 Å². The Hall–Kier alpha value is -0.660. The Labute approximate surface area is 89.7 Å². The third-order valence-corrected chi connectivity index (χ3v) is 4.80. The van der Waals surface area contributed by atoms with Gasteiger partial charge in [-0.25, -0.2) is 0 Å². The maximum Gasteiger partial charge on any atom is 0.308 e. The number of carbonyl (C=O) groups is 1. The number of carboxylic acids is 1. The van der Waals surface area contributed by atoms with Gasteiger partial charge in [-0.1, -0.05) is 0 Å². The molecule has 1 rings (SSSR count). The first kappa shape index (κ1) is 12.4. The zero-order valence-corrected chi connectivity index (χ0v) is 9.86. The van der Waals surface area contributed by atoms with Crippen LogP contribution in [0.2, 0.25) is 0 Å². The number of aliphatic carboxylic acids is 1. The topological polar surface area (TPSA) is 77.9 Å². The fraction of sp³-hybridized carbons (Fsp3) is 0.875. The molecule has 88 valence electrons. The molecule has 0 bridgehead atoms. The Morgan fingerprint density at radius 3 is 2.33 bits per heavy atom. The number of nitrogens with zero attached hydrogens (tertiary/aromatic N) is 2. The number of hydrogen-bond acceptors (Lipinski definition) is 3. The molecule has 0 radical (unpaired) electrons. The van der Waals surface area contributed by atoms with Crippen LogP contribution in [0, 0.1) is 5.92 Å². The minimum atomic E-state index is -3.49. The van der Waals surface area contributed by atoms with Gasteiger partial charge < -0.3 is 5.11 Å². The summed E-state index contributed by atoms with van der Waals surface area (Å²) in [6, 6.07) is -0.477. The molecule has 15 heavy (non-hydrogen) atoms. The molecule has 7 heteroatoms. The molecule has 2 atom stereocenters. The lowest BCUT2D eigenvalue weighted by atomic mass is 10.0. The summed E-state index contributed by atoms with van der Waals surface area (Å²) >= 11 is 0. The van der Waals surface area contributed by atoms with E-state index in [-0.39, 0.29) is 6.54 Å². The molecule has 0 spiro atoms. The summed E-state index contributed by atoms with van der Waals surface area (Å²) in [5.41, 5.74) is 0. The van der Waals surface area contributed by atoms with Crippen molar-refractivity contribution in [3.8, 4) is 0 Å². The molecule has 1 aliphatic rings. The molecular weight excluding hydrogens is 220 g/mol. The molecule has 1 aliphatic heterocycles. The first-order valence-electron chi connectivity index (χ1n) is 4.70. The normalized spacial score (nSPS) is 28.5. The van der Waals surface area contributed by atoms with Crippen LogP contribution in [0.3, 0.4) is 0 Å². The first-order valence-corrected chi connectivity index (χ1v) is 6.10. The van der Waals surface area contributed by atoms with Crippen LogP contribution in [0.15, 0.2) is 0 Å². The van der Waals surface area contributed by atoms with Gasteiger partial charge in [0.2, 0.25) is 0 Å². The highest BCUT2D eigenvalue weighted by Crippen LogP contribution is 2.27. The van der Waals surface area contributed by atoms with Crippen molar-refractivity contribution in [3.63, 3.8) is 0 Å². The van der Waals surface area contributed by atoms with Crippen molar-refractivity contribution < 1.29 is 18.3 Å². The second-order valence-corrected chi connectivity index (χ2v) is 5.97. The van der Waals surface area contributed by atoms with E-state index in [0.29, 0.717) is 6.42 Å². The van der Waals surface area contributed by atoms with Crippen molar-refractivity contribution >= 4 is 16.2 Å². The maximum absolute atomic E-state index is 11.8. The van der Waals surface area contributed by atoms with Gasteiger partial charge in [-0.3, -0.25) is 4.79 Å². The van der Waals surface area contributed by atoms with Gasteiger partial charge in [-0.15, -0.1) is 0 Å². The van der Waals surface area contributed by atoms with Crippen LogP contribution < -0.4 is 0 Å². The smallest absolute Gasteiger partial charge is 0.308 e. The van der Waals surface area contributed by atoms with Crippen LogP contribution in [0.25, 0.3) is 0 Å². The quantitative estimate of drug-likeness (QED) is 0.722. The van der Waals surface area contributed by atoms with Crippen molar-refractivity contribution in [1.29, 1.82) is 0 Å². The maximum atomic E-state index is 11.8. The van der Waals surface area contributed by atoms with Crippen molar-refractivity contribution in [2.45, 2.75) is 19.4 Å². The van der Waals surface area contributed by atoms with E-state index in [4.69, 9.17) is 5.11 Å². The van der Waals surface area contributed by atoms with Crippen LogP contribution in [-0.4, -0.2) is 54.8 Å². The van der Waals surface area contributed by atoms with Crippen LogP contribution in [-0.2, 0) is 15.0 Å². The first-order chi connectivity index (χ1) is 6.78. The Kier molecular flexibility index (Phi) is 3.37. The van der Waals surface area contributed by atoms with Crippen LogP contribution in [0.5, 0.6) is 0 Å². The van der Waals surface area contributed by atoms with E-state index >= 15 is 0 Å². The number of carboxylic acid groups (broad SMARTS) is 1. The van der Waals surface area contributed by atoms with Gasteiger partial charge >= 0.3 is 5.97 Å². The molecule has 2 unspecified atom stereocenters. The molecule has 0 amide bonds. The van der Waals surface area contributed by atoms with Gasteiger partial charge in [0, 0.05) is 26.7 Å². The molecule has 0 aromatic carbocycles. The molecule has 6 nitrogen and oxygen atoms in total. The zero-order chi connectivity index (χ0) is 11.8. The summed E-state index contributed by atoms with van der Waals surface area (Å²) in [5.74, 6) is -1.53. The van der Waals surface area contributed by atoms with Crippen LogP contribution >= 0.6 is 0 Å². The molecule has 1 saturated heterocycles. The van der Waals surface area contributed by atoms with E-state index in [1.807, 2.05) is 0 Å². The molecule has 1 fully saturated rings. The average molecular weight is 236 g/mol. The van der Waals surface area contributed by atoms with E-state index in [1.54, 1.807) is 6.92 Å². The third-order valence-electron chi connectivity index (χ3n) is 2.77. The summed E-state index contributed by atoms with van der Waals surface area (Å²) in [5, 5.41) is 8.87. The summed E-state index contributed by atoms with van der Waals surface area (Å²) in [6.45, 7) is 1.91. The number of rotatable bonds is 3. The standard InChI is InChI=1S/C8H16N2O4S/c1-6-7(8(11)12)4-5-10(6)15(13,14)9(2)3/h6-7H,4-5H2,1-3H3,(H,11,12). The van der Waals surface area contributed by atoms with E-state index in [0.717, 1.165) is 4.31 Å². The highest BCUT2D eigenvalue weighted by molar-refractivity contribution is 7.86. The largest absolute Gasteiger partial charge is 0.481 e. The van der Waals surface area contributed by atoms with E-state index in [2.05, 4.69) is 0 Å². The second-order valence-electron chi connectivity index (χ2n) is 3.87. The zero-order valence-electron chi connectivity index (χ0n) is 9.04. The molecule has 0 aliphatic carbocycles. The summed E-state index contributed by atoms with van der Waals surface area (Å²) < 4.78 is 25.9. The highest BCUT2D eigenvalue weighted by Gasteiger charge is 2.42. The Morgan fingerprint density at radius 2 is 2.00 bits per heavy atom. The molecule has 1 N–H and O–H groups in total. The van der Waals surface area contributed by atoms with Gasteiger partial charge in [-0.05, 0) is 13.3 Å². The Morgan fingerprint density at radius 1 is 1.47 bits per heavy atom. The lowest BCUT2D eigenvalue weighted by molar-refractivity contribution is -0.142. The van der Waals surface area contributed by atoms with E-state index in [1.165, 1.54) is 18.4 Å². The lowest BCUT2D eigenvalue weighted by Crippen LogP contribution is -2.43. The van der Waals surface area contributed by atoms with Gasteiger partial charge in [0.05, 0.1) is 5.92 Å². The summed E-state index contributed by atoms with van der Waals surface area (Å²) in [6.07, 6.45) is 0.379. The van der Waals surface area contributed by atoms with Gasteiger partial charge in [0.15, 0.2) is 0 Å². The van der Waals surface area contributed by atoms with E-state index in [9.17, 15) is 13.2 Å². The van der Waals surface area contributed by atoms with Crippen LogP contribution in [0.1, 0.15) is 13.3 Å². The van der Waals surface area contributed by atoms with Crippen molar-refractivity contribution in [2.75, 3.05) is 20.6 Å². The molecule has 0 saturated carbocycles. The molecule has 0 aromatic rings. The third kappa shape index (κ3) is 2.14. The SMILES string of the molecule is CC1C(C(=O)O)CCN1S(=O)(=O)N(C)C. The molecule has 0 aromatic heterocycles. The fourth-order valence-corrected chi connectivity index (χ4v) is 3.10. The molecule has 1 heterocycles. The average Bonchev–Trinajstić information content (AvgIpc) is 2.46. The summed E-state index contributed by atoms with van der Waals surface area (Å²) in [7, 11) is -0.608. The van der Waals surface area contributed by atoms with Gasteiger partial charge in [-0.2, -0.15) is 17.0 Å². The minimum absolute atomic E-state index is 0.276. The van der Waals surface area contributed by atoms with Gasteiger partial charge in [0.25, 0.3) is 10.2 Å². The van der Waals surface area contributed by atoms with Crippen molar-refractivity contribution in [3.05, 3.63) is 0 Å². The second kappa shape index (κ2) is 4.07. The Balaban J connectivity index is 2.90. The monoisotopic (exact) mass is 236 g/mol. The minimum Gasteiger partial charge on any atom is -0.481 e. The summed E-state index contributed by atoms with van der Waals surface area (Å²) in [4.78, 5) is 10.8. The predicted octanol–water partition coefficient (Wildman–Crippen LogP) is -0.412. The van der Waals surface area contributed by atoms with E-state index < -0.39 is 28.1 Å². The number of hydrogen-bond donors (Lipinski definition) is 1. The Bertz CT molecular complexity index is 352. The predicted molar refractivity (Wildman–Crippen MR) is 54.5 cm³/mol. The lowest BCUT2D eigenvalue weighted by Gasteiger charge is -2.25.